The van der Waals surface area contributed by atoms with Gasteiger partial charge in [-0.15, -0.1) is 0 Å². The van der Waals surface area contributed by atoms with E-state index in [4.69, 9.17) is 0 Å². The molecule has 0 atom stereocenters. The number of aliphatic hydroxyl groups excluding tert-OH is 1. The number of nitrogens with zero attached hydrogens (tertiary/aromatic N) is 3. The van der Waals surface area contributed by atoms with Gasteiger partial charge < -0.3 is 10.0 Å². The van der Waals surface area contributed by atoms with Crippen molar-refractivity contribution in [3.8, 4) is 0 Å². The van der Waals surface area contributed by atoms with E-state index < -0.39 is 0 Å². The van der Waals surface area contributed by atoms with E-state index in [0.29, 0.717) is 0 Å². The molecule has 1 aromatic heterocycles. The maximum Gasteiger partial charge on any atom is 0.0718 e. The van der Waals surface area contributed by atoms with Gasteiger partial charge in [0.1, 0.15) is 0 Å². The van der Waals surface area contributed by atoms with Crippen molar-refractivity contribution in [2.45, 2.75) is 46.3 Å². The highest BCUT2D eigenvalue weighted by molar-refractivity contribution is 5.23. The van der Waals surface area contributed by atoms with Gasteiger partial charge in [-0.1, -0.05) is 6.42 Å². The van der Waals surface area contributed by atoms with Gasteiger partial charge in [-0.2, -0.15) is 5.10 Å². The molecule has 4 nitrogen and oxygen atoms in total. The van der Waals surface area contributed by atoms with E-state index in [0.717, 1.165) is 30.0 Å². The van der Waals surface area contributed by atoms with Crippen molar-refractivity contribution < 1.29 is 5.11 Å². The van der Waals surface area contributed by atoms with Gasteiger partial charge in [0.2, 0.25) is 0 Å². The molecule has 0 spiro atoms. The number of likely N-dealkylation sites (tertiary alicyclic amines) is 1. The van der Waals surface area contributed by atoms with Crippen LogP contribution >= 0.6 is 0 Å². The third-order valence-corrected chi connectivity index (χ3v) is 3.77. The van der Waals surface area contributed by atoms with E-state index in [1.54, 1.807) is 0 Å². The van der Waals surface area contributed by atoms with Gasteiger partial charge in [0.05, 0.1) is 18.8 Å². The predicted molar refractivity (Wildman–Crippen MR) is 67.9 cm³/mol. The average Bonchev–Trinajstić information content (AvgIpc) is 2.63. The van der Waals surface area contributed by atoms with E-state index >= 15 is 0 Å². The number of rotatable bonds is 4. The molecule has 1 saturated heterocycles. The highest BCUT2D eigenvalue weighted by Gasteiger charge is 2.13. The first-order valence-corrected chi connectivity index (χ1v) is 6.58. The van der Waals surface area contributed by atoms with E-state index in [-0.39, 0.29) is 6.61 Å². The van der Waals surface area contributed by atoms with Crippen LogP contribution in [-0.2, 0) is 13.2 Å². The van der Waals surface area contributed by atoms with Crippen LogP contribution in [0, 0.1) is 13.8 Å². The van der Waals surface area contributed by atoms with Gasteiger partial charge in [0.15, 0.2) is 0 Å². The van der Waals surface area contributed by atoms with Crippen LogP contribution in [0.3, 0.4) is 0 Å². The van der Waals surface area contributed by atoms with Crippen LogP contribution in [0.5, 0.6) is 0 Å². The summed E-state index contributed by atoms with van der Waals surface area (Å²) >= 11 is 0. The first-order chi connectivity index (χ1) is 8.22. The van der Waals surface area contributed by atoms with Crippen LogP contribution in [0.15, 0.2) is 0 Å². The van der Waals surface area contributed by atoms with E-state index in [9.17, 15) is 5.11 Å². The summed E-state index contributed by atoms with van der Waals surface area (Å²) in [4.78, 5) is 2.51. The molecule has 0 bridgehead atoms. The SMILES string of the molecule is Cc1nn(CCN2CCCCC2)c(C)c1CO. The molecular weight excluding hydrogens is 214 g/mol. The zero-order chi connectivity index (χ0) is 12.3. The minimum absolute atomic E-state index is 0.0986. The Morgan fingerprint density at radius 1 is 1.12 bits per heavy atom. The molecule has 1 aliphatic heterocycles. The Labute approximate surface area is 103 Å². The van der Waals surface area contributed by atoms with Crippen molar-refractivity contribution in [1.82, 2.24) is 14.7 Å². The number of aryl methyl sites for hydroxylation is 1. The Morgan fingerprint density at radius 3 is 2.41 bits per heavy atom. The van der Waals surface area contributed by atoms with Crippen LogP contribution in [0.25, 0.3) is 0 Å². The Kier molecular flexibility index (Phi) is 4.18. The summed E-state index contributed by atoms with van der Waals surface area (Å²) in [6.45, 7) is 8.58. The second-order valence-electron chi connectivity index (χ2n) is 4.93. The molecule has 0 aliphatic carbocycles. The zero-order valence-electron chi connectivity index (χ0n) is 10.9. The molecule has 2 rings (SSSR count). The second kappa shape index (κ2) is 5.65. The summed E-state index contributed by atoms with van der Waals surface area (Å²) in [5.74, 6) is 0. The van der Waals surface area contributed by atoms with Crippen molar-refractivity contribution in [2.24, 2.45) is 0 Å². The van der Waals surface area contributed by atoms with Gasteiger partial charge in [0, 0.05) is 17.8 Å². The summed E-state index contributed by atoms with van der Waals surface area (Å²) in [5.41, 5.74) is 3.06. The van der Waals surface area contributed by atoms with Crippen LogP contribution < -0.4 is 0 Å². The summed E-state index contributed by atoms with van der Waals surface area (Å²) in [6.07, 6.45) is 4.04. The molecule has 1 fully saturated rings. The summed E-state index contributed by atoms with van der Waals surface area (Å²) in [7, 11) is 0. The van der Waals surface area contributed by atoms with Gasteiger partial charge >= 0.3 is 0 Å². The molecule has 17 heavy (non-hydrogen) atoms. The normalized spacial score (nSPS) is 17.6. The third kappa shape index (κ3) is 2.87. The Bertz CT molecular complexity index is 367. The number of hydrogen-bond acceptors (Lipinski definition) is 3. The number of aliphatic hydroxyl groups is 1. The molecule has 0 unspecified atom stereocenters. The number of aromatic nitrogens is 2. The fourth-order valence-electron chi connectivity index (χ4n) is 2.60. The minimum atomic E-state index is 0.0986. The highest BCUT2D eigenvalue weighted by Crippen LogP contribution is 2.13. The lowest BCUT2D eigenvalue weighted by atomic mass is 10.1. The maximum atomic E-state index is 9.27. The highest BCUT2D eigenvalue weighted by atomic mass is 16.3. The van der Waals surface area contributed by atoms with E-state index in [1.165, 1.54) is 32.4 Å². The van der Waals surface area contributed by atoms with Gasteiger partial charge in [-0.3, -0.25) is 4.68 Å². The van der Waals surface area contributed by atoms with Crippen LogP contribution in [-0.4, -0.2) is 39.4 Å². The average molecular weight is 237 g/mol. The molecule has 0 saturated carbocycles. The van der Waals surface area contributed by atoms with Crippen LogP contribution in [0.2, 0.25) is 0 Å². The predicted octanol–water partition coefficient (Wildman–Crippen LogP) is 1.48. The zero-order valence-corrected chi connectivity index (χ0v) is 10.9. The quantitative estimate of drug-likeness (QED) is 0.862. The molecule has 2 heterocycles. The molecule has 96 valence electrons. The largest absolute Gasteiger partial charge is 0.392 e. The summed E-state index contributed by atoms with van der Waals surface area (Å²) in [6, 6.07) is 0. The van der Waals surface area contributed by atoms with Crippen molar-refractivity contribution in [3.63, 3.8) is 0 Å². The molecule has 1 N–H and O–H groups in total. The molecule has 0 aromatic carbocycles. The number of hydrogen-bond donors (Lipinski definition) is 1. The summed E-state index contributed by atoms with van der Waals surface area (Å²) in [5, 5.41) is 13.8. The smallest absolute Gasteiger partial charge is 0.0718 e. The molecule has 0 radical (unpaired) electrons. The second-order valence-corrected chi connectivity index (χ2v) is 4.93. The monoisotopic (exact) mass is 237 g/mol. The van der Waals surface area contributed by atoms with Crippen molar-refractivity contribution in [3.05, 3.63) is 17.0 Å². The lowest BCUT2D eigenvalue weighted by molar-refractivity contribution is 0.217. The Hall–Kier alpha value is -0.870. The lowest BCUT2D eigenvalue weighted by Crippen LogP contribution is -2.32. The topological polar surface area (TPSA) is 41.3 Å². The molecule has 4 heteroatoms. The van der Waals surface area contributed by atoms with Crippen molar-refractivity contribution in [1.29, 1.82) is 0 Å². The van der Waals surface area contributed by atoms with E-state index in [1.807, 2.05) is 18.5 Å². The first kappa shape index (κ1) is 12.6. The lowest BCUT2D eigenvalue weighted by Gasteiger charge is -2.26. The van der Waals surface area contributed by atoms with Gasteiger partial charge in [0.25, 0.3) is 0 Å². The molecule has 1 aliphatic rings. The van der Waals surface area contributed by atoms with Crippen molar-refractivity contribution >= 4 is 0 Å². The standard InChI is InChI=1S/C13H23N3O/c1-11-13(10-17)12(2)16(14-11)9-8-15-6-4-3-5-7-15/h17H,3-10H2,1-2H3. The number of piperidine rings is 1. The molecular formula is C13H23N3O. The van der Waals surface area contributed by atoms with Crippen LogP contribution in [0.1, 0.15) is 36.2 Å². The summed E-state index contributed by atoms with van der Waals surface area (Å²) < 4.78 is 2.04. The first-order valence-electron chi connectivity index (χ1n) is 6.58. The van der Waals surface area contributed by atoms with Gasteiger partial charge in [-0.05, 0) is 39.8 Å². The van der Waals surface area contributed by atoms with Gasteiger partial charge in [-0.25, -0.2) is 0 Å². The minimum Gasteiger partial charge on any atom is -0.392 e. The Balaban J connectivity index is 1.94. The third-order valence-electron chi connectivity index (χ3n) is 3.77. The van der Waals surface area contributed by atoms with E-state index in [2.05, 4.69) is 10.00 Å². The van der Waals surface area contributed by atoms with Crippen molar-refractivity contribution in [2.75, 3.05) is 19.6 Å². The maximum absolute atomic E-state index is 9.27. The molecule has 0 amide bonds. The fourth-order valence-corrected chi connectivity index (χ4v) is 2.60. The fraction of sp³-hybridized carbons (Fsp3) is 0.769. The molecule has 1 aromatic rings. The van der Waals surface area contributed by atoms with Crippen LogP contribution in [0.4, 0.5) is 0 Å². The Morgan fingerprint density at radius 2 is 1.82 bits per heavy atom.